The van der Waals surface area contributed by atoms with Crippen molar-refractivity contribution in [3.8, 4) is 0 Å². The minimum absolute atomic E-state index is 0.0641. The second-order valence-corrected chi connectivity index (χ2v) is 5.85. The number of nitrogens with one attached hydrogen (secondary N) is 1. The summed E-state index contributed by atoms with van der Waals surface area (Å²) in [4.78, 5) is 11.3. The molecule has 2 atom stereocenters. The average molecular weight is 287 g/mol. The number of carbonyl (C=O) groups excluding carboxylic acids is 1. The highest BCUT2D eigenvalue weighted by molar-refractivity contribution is 7.83. The molecule has 104 valence electrons. The van der Waals surface area contributed by atoms with Crippen molar-refractivity contribution in [2.45, 2.75) is 25.3 Å². The molecule has 1 aliphatic rings. The number of carbonyl (C=O) groups is 1. The summed E-state index contributed by atoms with van der Waals surface area (Å²) in [6.45, 7) is 0. The van der Waals surface area contributed by atoms with Crippen molar-refractivity contribution in [1.29, 1.82) is 0 Å². The highest BCUT2D eigenvalue weighted by Crippen LogP contribution is 2.34. The lowest BCUT2D eigenvalue weighted by Crippen LogP contribution is -2.32. The van der Waals surface area contributed by atoms with Crippen molar-refractivity contribution >= 4 is 16.1 Å². The van der Waals surface area contributed by atoms with Crippen molar-refractivity contribution in [1.82, 2.24) is 4.72 Å². The van der Waals surface area contributed by atoms with E-state index < -0.39 is 22.2 Å². The first kappa shape index (κ1) is 14.1. The lowest BCUT2D eigenvalue weighted by Gasteiger charge is -2.23. The van der Waals surface area contributed by atoms with Gasteiger partial charge in [0.1, 0.15) is 11.6 Å². The van der Waals surface area contributed by atoms with Crippen LogP contribution in [0.1, 0.15) is 30.9 Å². The number of hydrogen-bond acceptors (Lipinski definition) is 3. The van der Waals surface area contributed by atoms with E-state index in [2.05, 4.69) is 4.72 Å². The number of ketones is 1. The van der Waals surface area contributed by atoms with Crippen LogP contribution in [0.15, 0.2) is 24.3 Å². The Morgan fingerprint density at radius 3 is 2.42 bits per heavy atom. The van der Waals surface area contributed by atoms with Gasteiger partial charge in [0.2, 0.25) is 0 Å². The van der Waals surface area contributed by atoms with Crippen LogP contribution in [0.5, 0.6) is 0 Å². The largest absolute Gasteiger partial charge is 0.333 e. The predicted octanol–water partition coefficient (Wildman–Crippen LogP) is 1.63. The van der Waals surface area contributed by atoms with Gasteiger partial charge in [-0.3, -0.25) is 9.35 Å². The zero-order valence-corrected chi connectivity index (χ0v) is 10.9. The summed E-state index contributed by atoms with van der Waals surface area (Å²) in [6.07, 6.45) is 1.20. The smallest absolute Gasteiger partial charge is 0.300 e. The van der Waals surface area contributed by atoms with Gasteiger partial charge >= 0.3 is 10.3 Å². The van der Waals surface area contributed by atoms with Crippen LogP contribution in [-0.2, 0) is 15.1 Å². The van der Waals surface area contributed by atoms with Crippen molar-refractivity contribution in [3.05, 3.63) is 35.6 Å². The minimum Gasteiger partial charge on any atom is -0.300 e. The molecule has 5 nitrogen and oxygen atoms in total. The van der Waals surface area contributed by atoms with Crippen molar-refractivity contribution in [2.24, 2.45) is 5.92 Å². The monoisotopic (exact) mass is 287 g/mol. The lowest BCUT2D eigenvalue weighted by atomic mass is 9.92. The Bertz CT molecular complexity index is 570. The molecule has 0 amide bonds. The van der Waals surface area contributed by atoms with Crippen LogP contribution in [0.3, 0.4) is 0 Å². The summed E-state index contributed by atoms with van der Waals surface area (Å²) in [5.74, 6) is -0.592. The molecule has 7 heteroatoms. The molecule has 0 heterocycles. The fourth-order valence-electron chi connectivity index (χ4n) is 2.39. The van der Waals surface area contributed by atoms with Gasteiger partial charge in [0.15, 0.2) is 0 Å². The summed E-state index contributed by atoms with van der Waals surface area (Å²) in [7, 11) is -4.39. The number of rotatable bonds is 4. The molecule has 2 N–H and O–H groups in total. The van der Waals surface area contributed by atoms with E-state index in [1.165, 1.54) is 24.3 Å². The molecule has 0 radical (unpaired) electrons. The van der Waals surface area contributed by atoms with Gasteiger partial charge in [-0.2, -0.15) is 13.1 Å². The normalized spacial score (nSPS) is 21.6. The minimum atomic E-state index is -4.39. The predicted molar refractivity (Wildman–Crippen MR) is 66.2 cm³/mol. The van der Waals surface area contributed by atoms with Crippen LogP contribution < -0.4 is 4.72 Å². The summed E-state index contributed by atoms with van der Waals surface area (Å²) >= 11 is 0. The lowest BCUT2D eigenvalue weighted by molar-refractivity contribution is -0.117. The van der Waals surface area contributed by atoms with Crippen molar-refractivity contribution < 1.29 is 22.2 Å². The Balaban J connectivity index is 2.28. The Labute approximate surface area is 110 Å². The number of hydrogen-bond donors (Lipinski definition) is 2. The fourth-order valence-corrected chi connectivity index (χ4v) is 3.04. The molecular formula is C12H14FNO4S. The molecule has 1 fully saturated rings. The first-order valence-corrected chi connectivity index (χ1v) is 7.31. The maximum Gasteiger partial charge on any atom is 0.333 e. The molecule has 2 unspecified atom stereocenters. The maximum atomic E-state index is 12.9. The Morgan fingerprint density at radius 1 is 1.32 bits per heavy atom. The zero-order valence-electron chi connectivity index (χ0n) is 10.0. The number of benzene rings is 1. The van der Waals surface area contributed by atoms with E-state index in [1.54, 1.807) is 0 Å². The Morgan fingerprint density at radius 2 is 1.95 bits per heavy atom. The van der Waals surface area contributed by atoms with Gasteiger partial charge in [0.25, 0.3) is 0 Å². The quantitative estimate of drug-likeness (QED) is 0.824. The highest BCUT2D eigenvalue weighted by atomic mass is 32.2. The molecule has 1 saturated carbocycles. The summed E-state index contributed by atoms with van der Waals surface area (Å²) in [5.41, 5.74) is 0.527. The molecular weight excluding hydrogens is 273 g/mol. The van der Waals surface area contributed by atoms with Gasteiger partial charge in [0, 0.05) is 12.8 Å². The molecule has 0 bridgehead atoms. The molecule has 2 rings (SSSR count). The van der Waals surface area contributed by atoms with Crippen LogP contribution in [0.25, 0.3) is 0 Å². The summed E-state index contributed by atoms with van der Waals surface area (Å²) in [5, 5.41) is 0. The molecule has 0 aliphatic heterocycles. The van der Waals surface area contributed by atoms with Crippen LogP contribution in [0.4, 0.5) is 4.39 Å². The van der Waals surface area contributed by atoms with E-state index in [1.807, 2.05) is 0 Å². The van der Waals surface area contributed by atoms with E-state index >= 15 is 0 Å². The molecule has 0 aromatic heterocycles. The van der Waals surface area contributed by atoms with Crippen molar-refractivity contribution in [3.63, 3.8) is 0 Å². The van der Waals surface area contributed by atoms with Crippen LogP contribution in [0, 0.1) is 11.7 Å². The third kappa shape index (κ3) is 3.82. The Kier molecular flexibility index (Phi) is 3.98. The first-order valence-electron chi connectivity index (χ1n) is 5.87. The van der Waals surface area contributed by atoms with E-state index in [0.717, 1.165) is 0 Å². The van der Waals surface area contributed by atoms with Crippen molar-refractivity contribution in [2.75, 3.05) is 0 Å². The standard InChI is InChI=1S/C12H14FNO4S/c13-10-4-1-8(2-5-10)12(14-19(16,17)18)9-3-6-11(15)7-9/h1-2,4-5,9,12,14H,3,6-7H2,(H,16,17,18). The molecule has 19 heavy (non-hydrogen) atoms. The van der Waals surface area contributed by atoms with Crippen LogP contribution in [0.2, 0.25) is 0 Å². The maximum absolute atomic E-state index is 12.9. The molecule has 0 spiro atoms. The Hall–Kier alpha value is -1.31. The van der Waals surface area contributed by atoms with Gasteiger partial charge in [0.05, 0.1) is 6.04 Å². The van der Waals surface area contributed by atoms with Gasteiger partial charge < -0.3 is 0 Å². The van der Waals surface area contributed by atoms with E-state index in [9.17, 15) is 17.6 Å². The van der Waals surface area contributed by atoms with E-state index in [-0.39, 0.29) is 18.1 Å². The van der Waals surface area contributed by atoms with Gasteiger partial charge in [-0.15, -0.1) is 0 Å². The third-order valence-electron chi connectivity index (χ3n) is 3.26. The highest BCUT2D eigenvalue weighted by Gasteiger charge is 2.32. The second kappa shape index (κ2) is 5.36. The van der Waals surface area contributed by atoms with Gasteiger partial charge in [-0.1, -0.05) is 12.1 Å². The second-order valence-electron chi connectivity index (χ2n) is 4.66. The van der Waals surface area contributed by atoms with Gasteiger partial charge in [-0.25, -0.2) is 4.39 Å². The van der Waals surface area contributed by atoms with E-state index in [0.29, 0.717) is 18.4 Å². The van der Waals surface area contributed by atoms with Crippen LogP contribution >= 0.6 is 0 Å². The number of Topliss-reactive ketones (excluding diaryl/α,β-unsaturated/α-hetero) is 1. The van der Waals surface area contributed by atoms with Crippen LogP contribution in [-0.4, -0.2) is 18.8 Å². The molecule has 1 aromatic rings. The topological polar surface area (TPSA) is 83.5 Å². The molecule has 1 aliphatic carbocycles. The average Bonchev–Trinajstić information content (AvgIpc) is 2.73. The van der Waals surface area contributed by atoms with Gasteiger partial charge in [-0.05, 0) is 30.0 Å². The summed E-state index contributed by atoms with van der Waals surface area (Å²) in [6, 6.07) is 4.60. The third-order valence-corrected chi connectivity index (χ3v) is 3.81. The molecule has 0 saturated heterocycles. The zero-order chi connectivity index (χ0) is 14.0. The summed E-state index contributed by atoms with van der Waals surface area (Å²) < 4.78 is 45.9. The first-order chi connectivity index (χ1) is 8.85. The van der Waals surface area contributed by atoms with E-state index in [4.69, 9.17) is 4.55 Å². The number of halogens is 1. The fraction of sp³-hybridized carbons (Fsp3) is 0.417. The SMILES string of the molecule is O=C1CCC(C(NS(=O)(=O)O)c2ccc(F)cc2)C1. The molecule has 1 aromatic carbocycles.